The SMILES string of the molecule is CCc1nn(C)c(CNCCc2ccsc2)c1Cl. The second-order valence-electron chi connectivity index (χ2n) is 4.24. The number of hydrogen-bond acceptors (Lipinski definition) is 3. The van der Waals surface area contributed by atoms with Gasteiger partial charge in [-0.05, 0) is 41.8 Å². The minimum atomic E-state index is 0.770. The molecular weight excluding hydrogens is 266 g/mol. The Morgan fingerprint density at radius 2 is 2.33 bits per heavy atom. The van der Waals surface area contributed by atoms with Crippen molar-refractivity contribution in [3.05, 3.63) is 38.8 Å². The van der Waals surface area contributed by atoms with E-state index in [2.05, 4.69) is 34.2 Å². The minimum Gasteiger partial charge on any atom is -0.311 e. The highest BCUT2D eigenvalue weighted by Gasteiger charge is 2.11. The highest BCUT2D eigenvalue weighted by atomic mass is 35.5. The van der Waals surface area contributed by atoms with Crippen LogP contribution < -0.4 is 5.32 Å². The molecule has 0 aliphatic rings. The second-order valence-corrected chi connectivity index (χ2v) is 5.40. The molecule has 3 nitrogen and oxygen atoms in total. The maximum absolute atomic E-state index is 6.29. The van der Waals surface area contributed by atoms with E-state index < -0.39 is 0 Å². The maximum Gasteiger partial charge on any atom is 0.0863 e. The number of nitrogens with zero attached hydrogens (tertiary/aromatic N) is 2. The topological polar surface area (TPSA) is 29.9 Å². The van der Waals surface area contributed by atoms with Gasteiger partial charge in [-0.25, -0.2) is 0 Å². The van der Waals surface area contributed by atoms with Crippen LogP contribution >= 0.6 is 22.9 Å². The molecule has 0 fully saturated rings. The smallest absolute Gasteiger partial charge is 0.0863 e. The lowest BCUT2D eigenvalue weighted by Gasteiger charge is -2.05. The lowest BCUT2D eigenvalue weighted by atomic mass is 10.2. The molecule has 2 heterocycles. The van der Waals surface area contributed by atoms with Crippen LogP contribution in [0, 0.1) is 0 Å². The Morgan fingerprint density at radius 1 is 1.50 bits per heavy atom. The van der Waals surface area contributed by atoms with Crippen molar-refractivity contribution < 1.29 is 0 Å². The predicted octanol–water partition coefficient (Wildman–Crippen LogP) is 3.03. The van der Waals surface area contributed by atoms with Crippen LogP contribution in [0.4, 0.5) is 0 Å². The Bertz CT molecular complexity index is 491. The fourth-order valence-corrected chi connectivity index (χ4v) is 2.95. The standard InChI is InChI=1S/C13H18ClN3S/c1-3-11-13(14)12(17(2)16-11)8-15-6-4-10-5-7-18-9-10/h5,7,9,15H,3-4,6,8H2,1-2H3. The van der Waals surface area contributed by atoms with Crippen molar-refractivity contribution in [2.24, 2.45) is 7.05 Å². The summed E-state index contributed by atoms with van der Waals surface area (Å²) < 4.78 is 1.87. The van der Waals surface area contributed by atoms with Crippen molar-refractivity contribution in [3.63, 3.8) is 0 Å². The van der Waals surface area contributed by atoms with E-state index in [1.54, 1.807) is 11.3 Å². The Balaban J connectivity index is 1.85. The zero-order valence-electron chi connectivity index (χ0n) is 10.7. The van der Waals surface area contributed by atoms with Crippen LogP contribution in [-0.2, 0) is 26.4 Å². The summed E-state index contributed by atoms with van der Waals surface area (Å²) in [5.41, 5.74) is 3.44. The van der Waals surface area contributed by atoms with Gasteiger partial charge in [-0.1, -0.05) is 18.5 Å². The van der Waals surface area contributed by atoms with Gasteiger partial charge in [0.2, 0.25) is 0 Å². The number of aromatic nitrogens is 2. The van der Waals surface area contributed by atoms with Crippen LogP contribution in [0.5, 0.6) is 0 Å². The van der Waals surface area contributed by atoms with Gasteiger partial charge in [-0.15, -0.1) is 0 Å². The molecule has 2 aromatic rings. The molecule has 0 radical (unpaired) electrons. The number of thiophene rings is 1. The summed E-state index contributed by atoms with van der Waals surface area (Å²) >= 11 is 8.03. The van der Waals surface area contributed by atoms with Crippen LogP contribution in [-0.4, -0.2) is 16.3 Å². The lowest BCUT2D eigenvalue weighted by molar-refractivity contribution is 0.623. The van der Waals surface area contributed by atoms with Gasteiger partial charge in [0.05, 0.1) is 16.4 Å². The summed E-state index contributed by atoms with van der Waals surface area (Å²) in [5.74, 6) is 0. The third kappa shape index (κ3) is 3.13. The van der Waals surface area contributed by atoms with Crippen molar-refractivity contribution in [1.29, 1.82) is 0 Å². The number of aryl methyl sites for hydroxylation is 2. The molecule has 0 saturated carbocycles. The van der Waals surface area contributed by atoms with Crippen molar-refractivity contribution in [2.45, 2.75) is 26.3 Å². The average molecular weight is 284 g/mol. The van der Waals surface area contributed by atoms with Gasteiger partial charge in [0.15, 0.2) is 0 Å². The molecule has 0 atom stereocenters. The first-order valence-electron chi connectivity index (χ1n) is 6.14. The quantitative estimate of drug-likeness (QED) is 0.826. The number of nitrogens with one attached hydrogen (secondary N) is 1. The minimum absolute atomic E-state index is 0.770. The summed E-state index contributed by atoms with van der Waals surface area (Å²) in [6, 6.07) is 2.17. The molecule has 2 rings (SSSR count). The summed E-state index contributed by atoms with van der Waals surface area (Å²) in [6.45, 7) is 3.80. The molecule has 5 heteroatoms. The molecule has 0 saturated heterocycles. The molecule has 0 bridgehead atoms. The van der Waals surface area contributed by atoms with E-state index >= 15 is 0 Å². The fraction of sp³-hybridized carbons (Fsp3) is 0.462. The predicted molar refractivity (Wildman–Crippen MR) is 77.3 cm³/mol. The Kier molecular flexibility index (Phi) is 4.80. The van der Waals surface area contributed by atoms with Gasteiger partial charge < -0.3 is 5.32 Å². The van der Waals surface area contributed by atoms with E-state index in [4.69, 9.17) is 11.6 Å². The van der Waals surface area contributed by atoms with Crippen LogP contribution in [0.1, 0.15) is 23.9 Å². The Hall–Kier alpha value is -0.840. The van der Waals surface area contributed by atoms with E-state index in [9.17, 15) is 0 Å². The summed E-state index contributed by atoms with van der Waals surface area (Å²) in [7, 11) is 1.95. The molecule has 0 amide bonds. The highest BCUT2D eigenvalue weighted by molar-refractivity contribution is 7.07. The first-order chi connectivity index (χ1) is 8.72. The van der Waals surface area contributed by atoms with Crippen LogP contribution in [0.3, 0.4) is 0 Å². The van der Waals surface area contributed by atoms with E-state index in [-0.39, 0.29) is 0 Å². The van der Waals surface area contributed by atoms with E-state index in [1.807, 2.05) is 11.7 Å². The third-order valence-electron chi connectivity index (χ3n) is 2.97. The fourth-order valence-electron chi connectivity index (χ4n) is 1.89. The molecule has 0 aliphatic carbocycles. The Labute approximate surface area is 117 Å². The maximum atomic E-state index is 6.29. The summed E-state index contributed by atoms with van der Waals surface area (Å²) in [5, 5.41) is 12.9. The molecule has 0 unspecified atom stereocenters. The van der Waals surface area contributed by atoms with Crippen molar-refractivity contribution in [3.8, 4) is 0 Å². The highest BCUT2D eigenvalue weighted by Crippen LogP contribution is 2.20. The molecule has 0 aliphatic heterocycles. The van der Waals surface area contributed by atoms with Gasteiger partial charge in [-0.3, -0.25) is 4.68 Å². The monoisotopic (exact) mass is 283 g/mol. The van der Waals surface area contributed by atoms with E-state index in [0.29, 0.717) is 0 Å². The first-order valence-corrected chi connectivity index (χ1v) is 7.46. The normalized spacial score (nSPS) is 11.1. The van der Waals surface area contributed by atoms with Gasteiger partial charge in [0.25, 0.3) is 0 Å². The average Bonchev–Trinajstić information content (AvgIpc) is 2.96. The molecule has 18 heavy (non-hydrogen) atoms. The van der Waals surface area contributed by atoms with Gasteiger partial charge in [-0.2, -0.15) is 16.4 Å². The van der Waals surface area contributed by atoms with Crippen LogP contribution in [0.25, 0.3) is 0 Å². The van der Waals surface area contributed by atoms with E-state index in [1.165, 1.54) is 5.56 Å². The summed E-state index contributed by atoms with van der Waals surface area (Å²) in [6.07, 6.45) is 1.93. The zero-order valence-corrected chi connectivity index (χ0v) is 12.3. The van der Waals surface area contributed by atoms with Crippen molar-refractivity contribution >= 4 is 22.9 Å². The molecule has 0 spiro atoms. The van der Waals surface area contributed by atoms with Crippen molar-refractivity contribution in [2.75, 3.05) is 6.54 Å². The third-order valence-corrected chi connectivity index (χ3v) is 4.13. The van der Waals surface area contributed by atoms with Gasteiger partial charge >= 0.3 is 0 Å². The number of hydrogen-bond donors (Lipinski definition) is 1. The molecule has 98 valence electrons. The second kappa shape index (κ2) is 6.36. The largest absolute Gasteiger partial charge is 0.311 e. The van der Waals surface area contributed by atoms with Crippen LogP contribution in [0.2, 0.25) is 5.02 Å². The van der Waals surface area contributed by atoms with E-state index in [0.717, 1.165) is 42.3 Å². The lowest BCUT2D eigenvalue weighted by Crippen LogP contribution is -2.18. The molecule has 0 aromatic carbocycles. The van der Waals surface area contributed by atoms with Crippen molar-refractivity contribution in [1.82, 2.24) is 15.1 Å². The summed E-state index contributed by atoms with van der Waals surface area (Å²) in [4.78, 5) is 0. The van der Waals surface area contributed by atoms with Gasteiger partial charge in [0, 0.05) is 13.6 Å². The number of rotatable bonds is 6. The zero-order chi connectivity index (χ0) is 13.0. The van der Waals surface area contributed by atoms with Crippen LogP contribution in [0.15, 0.2) is 16.8 Å². The Morgan fingerprint density at radius 3 is 2.94 bits per heavy atom. The number of halogens is 1. The van der Waals surface area contributed by atoms with Gasteiger partial charge in [0.1, 0.15) is 0 Å². The molecular formula is C13H18ClN3S. The molecule has 2 aromatic heterocycles. The molecule has 1 N–H and O–H groups in total. The first kappa shape index (κ1) is 13.6.